The highest BCUT2D eigenvalue weighted by Crippen LogP contribution is 2.25. The Hall–Kier alpha value is -1.38. The lowest BCUT2D eigenvalue weighted by Crippen LogP contribution is -2.09. The number of ketones is 1. The minimum atomic E-state index is -0.225. The van der Waals surface area contributed by atoms with Crippen molar-refractivity contribution in [1.29, 1.82) is 0 Å². The molecule has 22 heavy (non-hydrogen) atoms. The second-order valence-electron chi connectivity index (χ2n) is 5.94. The van der Waals surface area contributed by atoms with Crippen molar-refractivity contribution in [3.63, 3.8) is 0 Å². The van der Waals surface area contributed by atoms with Gasteiger partial charge in [-0.15, -0.1) is 0 Å². The smallest absolute Gasteiger partial charge is 0.168 e. The van der Waals surface area contributed by atoms with Crippen molar-refractivity contribution in [2.24, 2.45) is 5.92 Å². The van der Waals surface area contributed by atoms with Gasteiger partial charge in [-0.2, -0.15) is 0 Å². The quantitative estimate of drug-likeness (QED) is 0.552. The molecule has 3 heteroatoms. The van der Waals surface area contributed by atoms with Gasteiger partial charge in [-0.3, -0.25) is 4.79 Å². The van der Waals surface area contributed by atoms with Gasteiger partial charge in [0.05, 0.1) is 6.61 Å². The van der Waals surface area contributed by atoms with Gasteiger partial charge in [0.15, 0.2) is 11.6 Å². The molecule has 0 aromatic heterocycles. The molecule has 1 rings (SSSR count). The number of carbonyl (C=O) groups excluding carboxylic acids is 1. The summed E-state index contributed by atoms with van der Waals surface area (Å²) in [4.78, 5) is 11.8. The van der Waals surface area contributed by atoms with E-state index in [1.54, 1.807) is 6.07 Å². The van der Waals surface area contributed by atoms with Crippen molar-refractivity contribution < 1.29 is 13.9 Å². The number of aryl methyl sites for hydroxylation is 1. The summed E-state index contributed by atoms with van der Waals surface area (Å²) in [6.07, 6.45) is 5.02. The fourth-order valence-corrected chi connectivity index (χ4v) is 2.52. The zero-order chi connectivity index (χ0) is 16.5. The van der Waals surface area contributed by atoms with Crippen molar-refractivity contribution >= 4 is 5.78 Å². The highest BCUT2D eigenvalue weighted by molar-refractivity contribution is 5.80. The van der Waals surface area contributed by atoms with Crippen molar-refractivity contribution in [1.82, 2.24) is 0 Å². The summed E-state index contributed by atoms with van der Waals surface area (Å²) in [6, 6.07) is 3.61. The first-order valence-corrected chi connectivity index (χ1v) is 8.44. The van der Waals surface area contributed by atoms with E-state index in [-0.39, 0.29) is 11.7 Å². The van der Waals surface area contributed by atoms with E-state index in [0.29, 0.717) is 31.0 Å². The molecule has 0 aliphatic rings. The number of hydrogen-bond donors (Lipinski definition) is 0. The number of ether oxygens (including phenoxy) is 1. The molecule has 0 aliphatic heterocycles. The predicted octanol–water partition coefficient (Wildman–Crippen LogP) is 5.25. The fourth-order valence-electron chi connectivity index (χ4n) is 2.52. The summed E-state index contributed by atoms with van der Waals surface area (Å²) >= 11 is 0. The zero-order valence-electron chi connectivity index (χ0n) is 14.4. The van der Waals surface area contributed by atoms with E-state index in [2.05, 4.69) is 0 Å². The van der Waals surface area contributed by atoms with E-state index in [4.69, 9.17) is 4.74 Å². The molecule has 0 N–H and O–H groups in total. The lowest BCUT2D eigenvalue weighted by Gasteiger charge is -2.12. The molecule has 1 unspecified atom stereocenters. The molecule has 0 saturated heterocycles. The van der Waals surface area contributed by atoms with Crippen molar-refractivity contribution in [3.05, 3.63) is 29.1 Å². The number of carbonyl (C=O) groups is 1. The molecule has 0 radical (unpaired) electrons. The van der Waals surface area contributed by atoms with Crippen molar-refractivity contribution in [2.45, 2.75) is 66.2 Å². The fraction of sp³-hybridized carbons (Fsp3) is 0.632. The van der Waals surface area contributed by atoms with Gasteiger partial charge in [-0.25, -0.2) is 4.39 Å². The summed E-state index contributed by atoms with van der Waals surface area (Å²) in [5.74, 6) is 0.637. The van der Waals surface area contributed by atoms with Gasteiger partial charge in [0.2, 0.25) is 0 Å². The second kappa shape index (κ2) is 9.60. The van der Waals surface area contributed by atoms with Crippen LogP contribution in [0.25, 0.3) is 0 Å². The van der Waals surface area contributed by atoms with E-state index in [1.165, 1.54) is 0 Å². The van der Waals surface area contributed by atoms with Crippen LogP contribution >= 0.6 is 0 Å². The second-order valence-corrected chi connectivity index (χ2v) is 5.94. The van der Waals surface area contributed by atoms with E-state index in [9.17, 15) is 9.18 Å². The van der Waals surface area contributed by atoms with Crippen molar-refractivity contribution in [3.8, 4) is 5.75 Å². The van der Waals surface area contributed by atoms with E-state index >= 15 is 0 Å². The van der Waals surface area contributed by atoms with Crippen LogP contribution in [0, 0.1) is 18.7 Å². The van der Waals surface area contributed by atoms with E-state index in [0.717, 1.165) is 36.8 Å². The number of halogens is 1. The topological polar surface area (TPSA) is 26.3 Å². The highest BCUT2D eigenvalue weighted by atomic mass is 19.1. The molecule has 1 atom stereocenters. The van der Waals surface area contributed by atoms with Crippen LogP contribution in [-0.2, 0) is 11.2 Å². The Morgan fingerprint density at radius 1 is 1.23 bits per heavy atom. The van der Waals surface area contributed by atoms with Gasteiger partial charge in [0.1, 0.15) is 5.78 Å². The summed E-state index contributed by atoms with van der Waals surface area (Å²) in [7, 11) is 0. The molecule has 0 fully saturated rings. The highest BCUT2D eigenvalue weighted by Gasteiger charge is 2.13. The molecule has 0 aliphatic carbocycles. The molecular weight excluding hydrogens is 279 g/mol. The normalized spacial score (nSPS) is 12.2. The molecule has 0 bridgehead atoms. The summed E-state index contributed by atoms with van der Waals surface area (Å²) in [5, 5.41) is 0. The molecule has 2 nitrogen and oxygen atoms in total. The molecule has 0 spiro atoms. The SMILES string of the molecule is CCOc1ccc(C)c(CCCCCC(=O)C(C)CC)c1F. The maximum atomic E-state index is 14.3. The van der Waals surface area contributed by atoms with E-state index in [1.807, 2.05) is 33.8 Å². The average Bonchev–Trinajstić information content (AvgIpc) is 2.51. The van der Waals surface area contributed by atoms with Gasteiger partial charge in [0, 0.05) is 12.3 Å². The third kappa shape index (κ3) is 5.43. The molecule has 0 amide bonds. The number of benzene rings is 1. The van der Waals surface area contributed by atoms with Crippen LogP contribution in [0.5, 0.6) is 5.75 Å². The first-order valence-electron chi connectivity index (χ1n) is 8.44. The first kappa shape index (κ1) is 18.7. The molecule has 124 valence electrons. The molecule has 0 heterocycles. The van der Waals surface area contributed by atoms with Gasteiger partial charge < -0.3 is 4.74 Å². The van der Waals surface area contributed by atoms with E-state index < -0.39 is 0 Å². The van der Waals surface area contributed by atoms with Gasteiger partial charge >= 0.3 is 0 Å². The van der Waals surface area contributed by atoms with Gasteiger partial charge in [0.25, 0.3) is 0 Å². The summed E-state index contributed by atoms with van der Waals surface area (Å²) < 4.78 is 19.6. The molecule has 0 saturated carbocycles. The Balaban J connectivity index is 2.45. The lowest BCUT2D eigenvalue weighted by atomic mass is 9.97. The van der Waals surface area contributed by atoms with Gasteiger partial charge in [-0.05, 0) is 56.7 Å². The Labute approximate surface area is 134 Å². The number of hydrogen-bond acceptors (Lipinski definition) is 2. The van der Waals surface area contributed by atoms with Crippen LogP contribution in [0.2, 0.25) is 0 Å². The largest absolute Gasteiger partial charge is 0.491 e. The van der Waals surface area contributed by atoms with Gasteiger partial charge in [-0.1, -0.05) is 26.3 Å². The standard InChI is InChI=1S/C19H29FO2/c1-5-14(3)17(21)11-9-7-8-10-16-15(4)12-13-18(19(16)20)22-6-2/h12-14H,5-11H2,1-4H3. The third-order valence-corrected chi connectivity index (χ3v) is 4.25. The number of Topliss-reactive ketones (excluding diaryl/α,β-unsaturated/α-hetero) is 1. The number of rotatable bonds is 10. The molecule has 1 aromatic carbocycles. The minimum Gasteiger partial charge on any atom is -0.491 e. The lowest BCUT2D eigenvalue weighted by molar-refractivity contribution is -0.122. The zero-order valence-corrected chi connectivity index (χ0v) is 14.4. The van der Waals surface area contributed by atoms with Crippen LogP contribution in [0.4, 0.5) is 4.39 Å². The average molecular weight is 308 g/mol. The minimum absolute atomic E-state index is 0.169. The van der Waals surface area contributed by atoms with Crippen LogP contribution in [0.15, 0.2) is 12.1 Å². The summed E-state index contributed by atoms with van der Waals surface area (Å²) in [6.45, 7) is 8.28. The Morgan fingerprint density at radius 2 is 1.95 bits per heavy atom. The van der Waals surface area contributed by atoms with Crippen LogP contribution < -0.4 is 4.74 Å². The Morgan fingerprint density at radius 3 is 2.59 bits per heavy atom. The Bertz CT molecular complexity index is 483. The Kier molecular flexibility index (Phi) is 8.15. The first-order chi connectivity index (χ1) is 10.5. The van der Waals surface area contributed by atoms with Crippen LogP contribution in [-0.4, -0.2) is 12.4 Å². The van der Waals surface area contributed by atoms with Crippen LogP contribution in [0.1, 0.15) is 64.0 Å². The summed E-state index contributed by atoms with van der Waals surface area (Å²) in [5.41, 5.74) is 1.72. The van der Waals surface area contributed by atoms with Crippen molar-refractivity contribution in [2.75, 3.05) is 6.61 Å². The molecular formula is C19H29FO2. The predicted molar refractivity (Wildman–Crippen MR) is 88.9 cm³/mol. The monoisotopic (exact) mass is 308 g/mol. The van der Waals surface area contributed by atoms with Crippen LogP contribution in [0.3, 0.4) is 0 Å². The third-order valence-electron chi connectivity index (χ3n) is 4.25. The maximum Gasteiger partial charge on any atom is 0.168 e. The molecule has 1 aromatic rings. The maximum absolute atomic E-state index is 14.3. The number of unbranched alkanes of at least 4 members (excludes halogenated alkanes) is 2.